The van der Waals surface area contributed by atoms with Crippen molar-refractivity contribution in [3.05, 3.63) is 42.0 Å². The van der Waals surface area contributed by atoms with Gasteiger partial charge in [-0.2, -0.15) is 0 Å². The molecule has 0 heterocycles. The predicted molar refractivity (Wildman–Crippen MR) is 73.4 cm³/mol. The van der Waals surface area contributed by atoms with Crippen molar-refractivity contribution in [3.63, 3.8) is 0 Å². The SMILES string of the molecule is CC(C)(CO)[C@H](N)c1c(O)ccc2ccccc12. The molecule has 0 aliphatic rings. The number of benzene rings is 2. The van der Waals surface area contributed by atoms with Crippen molar-refractivity contribution in [1.82, 2.24) is 0 Å². The van der Waals surface area contributed by atoms with Gasteiger partial charge in [0.15, 0.2) is 0 Å². The van der Waals surface area contributed by atoms with Gasteiger partial charge in [-0.1, -0.05) is 44.2 Å². The number of hydrogen-bond acceptors (Lipinski definition) is 3. The summed E-state index contributed by atoms with van der Waals surface area (Å²) in [6, 6.07) is 10.9. The van der Waals surface area contributed by atoms with Crippen LogP contribution in [0.25, 0.3) is 10.8 Å². The second-order valence-corrected chi connectivity index (χ2v) is 5.34. The van der Waals surface area contributed by atoms with E-state index in [2.05, 4.69) is 0 Å². The standard InChI is InChI=1S/C15H19NO2/c1-15(2,9-17)14(16)13-11-6-4-3-5-10(11)7-8-12(13)18/h3-8,14,17-18H,9,16H2,1-2H3/t14-/m1/s1. The Morgan fingerprint density at radius 2 is 1.83 bits per heavy atom. The van der Waals surface area contributed by atoms with E-state index in [1.54, 1.807) is 6.07 Å². The van der Waals surface area contributed by atoms with Crippen molar-refractivity contribution < 1.29 is 10.2 Å². The third-order valence-electron chi connectivity index (χ3n) is 3.51. The summed E-state index contributed by atoms with van der Waals surface area (Å²) in [5, 5.41) is 21.5. The van der Waals surface area contributed by atoms with E-state index in [1.165, 1.54) is 0 Å². The highest BCUT2D eigenvalue weighted by Gasteiger charge is 2.30. The van der Waals surface area contributed by atoms with Gasteiger partial charge in [-0.05, 0) is 16.8 Å². The van der Waals surface area contributed by atoms with E-state index in [0.29, 0.717) is 5.56 Å². The van der Waals surface area contributed by atoms with Crippen molar-refractivity contribution in [3.8, 4) is 5.75 Å². The summed E-state index contributed by atoms with van der Waals surface area (Å²) in [6.07, 6.45) is 0. The average molecular weight is 245 g/mol. The molecule has 0 radical (unpaired) electrons. The molecule has 0 saturated carbocycles. The Kier molecular flexibility index (Phi) is 3.28. The molecule has 4 N–H and O–H groups in total. The molecule has 96 valence electrons. The monoisotopic (exact) mass is 245 g/mol. The largest absolute Gasteiger partial charge is 0.508 e. The van der Waals surface area contributed by atoms with Gasteiger partial charge in [-0.25, -0.2) is 0 Å². The summed E-state index contributed by atoms with van der Waals surface area (Å²) in [6.45, 7) is 3.74. The molecule has 0 aliphatic carbocycles. The highest BCUT2D eigenvalue weighted by Crippen LogP contribution is 2.39. The number of aromatic hydroxyl groups is 1. The molecule has 3 nitrogen and oxygen atoms in total. The van der Waals surface area contributed by atoms with Crippen LogP contribution in [0.4, 0.5) is 0 Å². The molecule has 2 aromatic carbocycles. The van der Waals surface area contributed by atoms with Gasteiger partial charge in [0, 0.05) is 23.6 Å². The van der Waals surface area contributed by atoms with E-state index in [0.717, 1.165) is 10.8 Å². The zero-order valence-corrected chi connectivity index (χ0v) is 10.7. The molecule has 1 atom stereocenters. The number of hydrogen-bond donors (Lipinski definition) is 3. The summed E-state index contributed by atoms with van der Waals surface area (Å²) in [5.41, 5.74) is 6.45. The Morgan fingerprint density at radius 3 is 2.50 bits per heavy atom. The van der Waals surface area contributed by atoms with E-state index >= 15 is 0 Å². The molecule has 0 aromatic heterocycles. The van der Waals surface area contributed by atoms with Crippen LogP contribution in [-0.2, 0) is 0 Å². The lowest BCUT2D eigenvalue weighted by Gasteiger charge is -2.31. The fourth-order valence-electron chi connectivity index (χ4n) is 2.10. The van der Waals surface area contributed by atoms with Gasteiger partial charge in [-0.3, -0.25) is 0 Å². The van der Waals surface area contributed by atoms with Crippen LogP contribution in [0.3, 0.4) is 0 Å². The van der Waals surface area contributed by atoms with Crippen molar-refractivity contribution >= 4 is 10.8 Å². The lowest BCUT2D eigenvalue weighted by atomic mass is 9.80. The molecular formula is C15H19NO2. The quantitative estimate of drug-likeness (QED) is 0.778. The molecule has 0 unspecified atom stereocenters. The first-order valence-corrected chi connectivity index (χ1v) is 6.04. The topological polar surface area (TPSA) is 66.5 Å². The normalized spacial score (nSPS) is 13.8. The average Bonchev–Trinajstić information content (AvgIpc) is 2.38. The molecule has 0 amide bonds. The van der Waals surface area contributed by atoms with Crippen LogP contribution in [0.15, 0.2) is 36.4 Å². The smallest absolute Gasteiger partial charge is 0.121 e. The second-order valence-electron chi connectivity index (χ2n) is 5.34. The molecule has 2 aromatic rings. The Hall–Kier alpha value is -1.58. The molecular weight excluding hydrogens is 226 g/mol. The van der Waals surface area contributed by atoms with Crippen LogP contribution < -0.4 is 5.73 Å². The molecule has 3 heteroatoms. The first kappa shape index (κ1) is 12.9. The Balaban J connectivity index is 2.66. The number of phenols is 1. The highest BCUT2D eigenvalue weighted by atomic mass is 16.3. The minimum Gasteiger partial charge on any atom is -0.508 e. The number of rotatable bonds is 3. The second kappa shape index (κ2) is 4.59. The van der Waals surface area contributed by atoms with Crippen LogP contribution in [0.5, 0.6) is 5.75 Å². The molecule has 2 rings (SSSR count). The lowest BCUT2D eigenvalue weighted by molar-refractivity contribution is 0.131. The van der Waals surface area contributed by atoms with Gasteiger partial charge in [0.2, 0.25) is 0 Å². The number of aliphatic hydroxyl groups is 1. The highest BCUT2D eigenvalue weighted by molar-refractivity contribution is 5.88. The maximum absolute atomic E-state index is 10.1. The van der Waals surface area contributed by atoms with Crippen LogP contribution in [0.2, 0.25) is 0 Å². The number of fused-ring (bicyclic) bond motifs is 1. The maximum Gasteiger partial charge on any atom is 0.121 e. The fourth-order valence-corrected chi connectivity index (χ4v) is 2.10. The third-order valence-corrected chi connectivity index (χ3v) is 3.51. The molecule has 0 fully saturated rings. The van der Waals surface area contributed by atoms with Gasteiger partial charge in [-0.15, -0.1) is 0 Å². The van der Waals surface area contributed by atoms with E-state index in [1.807, 2.05) is 44.2 Å². The van der Waals surface area contributed by atoms with Crippen LogP contribution >= 0.6 is 0 Å². The van der Waals surface area contributed by atoms with Crippen LogP contribution in [0.1, 0.15) is 25.5 Å². The van der Waals surface area contributed by atoms with Gasteiger partial charge in [0.05, 0.1) is 0 Å². The molecule has 0 bridgehead atoms. The molecule has 18 heavy (non-hydrogen) atoms. The summed E-state index contributed by atoms with van der Waals surface area (Å²) < 4.78 is 0. The van der Waals surface area contributed by atoms with E-state index in [9.17, 15) is 10.2 Å². The number of phenolic OH excluding ortho intramolecular Hbond substituents is 1. The summed E-state index contributed by atoms with van der Waals surface area (Å²) in [4.78, 5) is 0. The molecule has 0 spiro atoms. The van der Waals surface area contributed by atoms with Gasteiger partial charge >= 0.3 is 0 Å². The van der Waals surface area contributed by atoms with E-state index in [-0.39, 0.29) is 12.4 Å². The molecule has 0 aliphatic heterocycles. The minimum atomic E-state index is -0.485. The van der Waals surface area contributed by atoms with Crippen molar-refractivity contribution in [1.29, 1.82) is 0 Å². The number of nitrogens with two attached hydrogens (primary N) is 1. The summed E-state index contributed by atoms with van der Waals surface area (Å²) in [5.74, 6) is 0.183. The third kappa shape index (κ3) is 2.07. The minimum absolute atomic E-state index is 0.0309. The van der Waals surface area contributed by atoms with Gasteiger partial charge in [0.1, 0.15) is 5.75 Å². The van der Waals surface area contributed by atoms with Crippen molar-refractivity contribution in [2.45, 2.75) is 19.9 Å². The van der Waals surface area contributed by atoms with Crippen molar-refractivity contribution in [2.24, 2.45) is 11.1 Å². The van der Waals surface area contributed by atoms with Gasteiger partial charge < -0.3 is 15.9 Å². The lowest BCUT2D eigenvalue weighted by Crippen LogP contribution is -2.32. The zero-order valence-electron chi connectivity index (χ0n) is 10.7. The predicted octanol–water partition coefficient (Wildman–Crippen LogP) is 2.56. The zero-order chi connectivity index (χ0) is 13.3. The van der Waals surface area contributed by atoms with E-state index in [4.69, 9.17) is 5.73 Å². The molecule has 0 saturated heterocycles. The summed E-state index contributed by atoms with van der Waals surface area (Å²) >= 11 is 0. The first-order valence-electron chi connectivity index (χ1n) is 6.04. The summed E-state index contributed by atoms with van der Waals surface area (Å²) in [7, 11) is 0. The van der Waals surface area contributed by atoms with Crippen LogP contribution in [0, 0.1) is 5.41 Å². The first-order chi connectivity index (χ1) is 8.47. The fraction of sp³-hybridized carbons (Fsp3) is 0.333. The van der Waals surface area contributed by atoms with Crippen LogP contribution in [-0.4, -0.2) is 16.8 Å². The van der Waals surface area contributed by atoms with Crippen molar-refractivity contribution in [2.75, 3.05) is 6.61 Å². The number of aliphatic hydroxyl groups excluding tert-OH is 1. The van der Waals surface area contributed by atoms with Gasteiger partial charge in [0.25, 0.3) is 0 Å². The Morgan fingerprint density at radius 1 is 1.17 bits per heavy atom. The maximum atomic E-state index is 10.1. The Labute approximate surface area is 107 Å². The van der Waals surface area contributed by atoms with E-state index < -0.39 is 11.5 Å². The Bertz CT molecular complexity index is 563.